The molecule has 1 N–H and O–H groups in total. The van der Waals surface area contributed by atoms with Gasteiger partial charge in [0, 0.05) is 18.7 Å². The summed E-state index contributed by atoms with van der Waals surface area (Å²) < 4.78 is 11.3. The third kappa shape index (κ3) is 4.07. The maximum Gasteiger partial charge on any atom is 0.232 e. The number of nitrogens with zero attached hydrogens (tertiary/aromatic N) is 2. The molecule has 2 aromatic carbocycles. The maximum atomic E-state index is 12.7. The van der Waals surface area contributed by atoms with Crippen LogP contribution in [0.4, 0.5) is 11.4 Å². The van der Waals surface area contributed by atoms with Crippen molar-refractivity contribution in [3.8, 4) is 11.5 Å². The van der Waals surface area contributed by atoms with Gasteiger partial charge in [-0.25, -0.2) is 4.98 Å². The summed E-state index contributed by atoms with van der Waals surface area (Å²) in [4.78, 5) is 19.4. The van der Waals surface area contributed by atoms with Crippen LogP contribution in [-0.2, 0) is 16.0 Å². The molecule has 0 radical (unpaired) electrons. The van der Waals surface area contributed by atoms with Crippen LogP contribution in [0.25, 0.3) is 11.5 Å². The Labute approximate surface area is 164 Å². The Balaban J connectivity index is 1.48. The lowest BCUT2D eigenvalue weighted by Gasteiger charge is -2.30. The van der Waals surface area contributed by atoms with E-state index in [9.17, 15) is 4.79 Å². The number of hydrogen-bond acceptors (Lipinski definition) is 5. The Morgan fingerprint density at radius 1 is 1.07 bits per heavy atom. The van der Waals surface area contributed by atoms with E-state index in [2.05, 4.69) is 15.2 Å². The van der Waals surface area contributed by atoms with Gasteiger partial charge in [0.1, 0.15) is 5.76 Å². The third-order valence-electron chi connectivity index (χ3n) is 4.76. The van der Waals surface area contributed by atoms with E-state index < -0.39 is 0 Å². The van der Waals surface area contributed by atoms with Gasteiger partial charge in [-0.1, -0.05) is 30.3 Å². The monoisotopic (exact) mass is 377 g/mol. The number of rotatable bonds is 5. The summed E-state index contributed by atoms with van der Waals surface area (Å²) in [6.45, 7) is 4.88. The van der Waals surface area contributed by atoms with Crippen molar-refractivity contribution in [1.29, 1.82) is 0 Å². The molecule has 1 fully saturated rings. The van der Waals surface area contributed by atoms with Crippen LogP contribution in [0, 0.1) is 6.92 Å². The molecule has 1 aromatic heterocycles. The number of carbonyl (C=O) groups excluding carboxylic acids is 1. The lowest BCUT2D eigenvalue weighted by molar-refractivity contribution is -0.115. The minimum absolute atomic E-state index is 0.125. The van der Waals surface area contributed by atoms with E-state index in [0.717, 1.165) is 35.7 Å². The van der Waals surface area contributed by atoms with Gasteiger partial charge < -0.3 is 19.4 Å². The van der Waals surface area contributed by atoms with Gasteiger partial charge in [0.2, 0.25) is 11.8 Å². The van der Waals surface area contributed by atoms with Gasteiger partial charge >= 0.3 is 0 Å². The molecule has 0 spiro atoms. The molecule has 144 valence electrons. The lowest BCUT2D eigenvalue weighted by Crippen LogP contribution is -2.36. The second-order valence-corrected chi connectivity index (χ2v) is 6.74. The van der Waals surface area contributed by atoms with Gasteiger partial charge in [-0.15, -0.1) is 0 Å². The number of benzene rings is 2. The highest BCUT2D eigenvalue weighted by Crippen LogP contribution is 2.27. The van der Waals surface area contributed by atoms with Gasteiger partial charge in [0.05, 0.1) is 36.7 Å². The van der Waals surface area contributed by atoms with E-state index in [1.807, 2.05) is 61.5 Å². The van der Waals surface area contributed by atoms with Crippen molar-refractivity contribution in [2.24, 2.45) is 0 Å². The van der Waals surface area contributed by atoms with Crippen LogP contribution in [0.1, 0.15) is 11.5 Å². The second kappa shape index (κ2) is 8.27. The first kappa shape index (κ1) is 18.3. The molecule has 4 rings (SSSR count). The van der Waals surface area contributed by atoms with Crippen molar-refractivity contribution in [2.75, 3.05) is 36.5 Å². The highest BCUT2D eigenvalue weighted by molar-refractivity contribution is 5.95. The molecule has 0 saturated carbocycles. The number of para-hydroxylation sites is 2. The van der Waals surface area contributed by atoms with Crippen LogP contribution in [-0.4, -0.2) is 37.2 Å². The largest absolute Gasteiger partial charge is 0.440 e. The van der Waals surface area contributed by atoms with Gasteiger partial charge in [-0.05, 0) is 31.2 Å². The Kier molecular flexibility index (Phi) is 5.39. The number of anilines is 2. The fraction of sp³-hybridized carbons (Fsp3) is 0.273. The third-order valence-corrected chi connectivity index (χ3v) is 4.76. The van der Waals surface area contributed by atoms with E-state index in [0.29, 0.717) is 24.9 Å². The quantitative estimate of drug-likeness (QED) is 0.735. The van der Waals surface area contributed by atoms with Crippen LogP contribution < -0.4 is 10.2 Å². The Morgan fingerprint density at radius 3 is 2.57 bits per heavy atom. The van der Waals surface area contributed by atoms with Crippen LogP contribution in [0.15, 0.2) is 59.0 Å². The van der Waals surface area contributed by atoms with Crippen molar-refractivity contribution in [2.45, 2.75) is 13.3 Å². The number of amides is 1. The predicted octanol–water partition coefficient (Wildman–Crippen LogP) is 3.67. The number of aryl methyl sites for hydroxylation is 1. The summed E-state index contributed by atoms with van der Waals surface area (Å²) in [7, 11) is 0. The van der Waals surface area contributed by atoms with E-state index in [-0.39, 0.29) is 12.3 Å². The Bertz CT molecular complexity index is 947. The normalized spacial score (nSPS) is 14.1. The molecule has 0 atom stereocenters. The number of morpholine rings is 1. The molecule has 2 heterocycles. The molecule has 1 amide bonds. The first-order valence-corrected chi connectivity index (χ1v) is 9.44. The van der Waals surface area contributed by atoms with E-state index in [4.69, 9.17) is 9.15 Å². The Hall–Kier alpha value is -3.12. The summed E-state index contributed by atoms with van der Waals surface area (Å²) in [5.41, 5.74) is 3.44. The van der Waals surface area contributed by atoms with Gasteiger partial charge in [0.15, 0.2) is 0 Å². The van der Waals surface area contributed by atoms with Crippen LogP contribution in [0.3, 0.4) is 0 Å². The van der Waals surface area contributed by atoms with Crippen LogP contribution in [0.2, 0.25) is 0 Å². The molecular weight excluding hydrogens is 354 g/mol. The number of hydrogen-bond donors (Lipinski definition) is 1. The summed E-state index contributed by atoms with van der Waals surface area (Å²) >= 11 is 0. The van der Waals surface area contributed by atoms with E-state index >= 15 is 0 Å². The number of aromatic nitrogens is 1. The topological polar surface area (TPSA) is 67.6 Å². The smallest absolute Gasteiger partial charge is 0.232 e. The molecule has 6 nitrogen and oxygen atoms in total. The van der Waals surface area contributed by atoms with Crippen molar-refractivity contribution in [1.82, 2.24) is 4.98 Å². The zero-order valence-electron chi connectivity index (χ0n) is 15.9. The molecule has 0 unspecified atom stereocenters. The molecule has 1 aliphatic rings. The molecule has 3 aromatic rings. The molecular formula is C22H23N3O3. The zero-order valence-corrected chi connectivity index (χ0v) is 15.9. The average Bonchev–Trinajstić information content (AvgIpc) is 3.10. The second-order valence-electron chi connectivity index (χ2n) is 6.74. The fourth-order valence-electron chi connectivity index (χ4n) is 3.30. The minimum Gasteiger partial charge on any atom is -0.440 e. The first-order chi connectivity index (χ1) is 13.7. The summed E-state index contributed by atoms with van der Waals surface area (Å²) in [5, 5.41) is 3.02. The van der Waals surface area contributed by atoms with E-state index in [1.165, 1.54) is 0 Å². The van der Waals surface area contributed by atoms with Crippen molar-refractivity contribution < 1.29 is 13.9 Å². The SMILES string of the molecule is Cc1nc(-c2ccccc2)oc1CC(=O)Nc1ccccc1N1CCOCC1. The Morgan fingerprint density at radius 2 is 1.79 bits per heavy atom. The van der Waals surface area contributed by atoms with Crippen molar-refractivity contribution in [3.63, 3.8) is 0 Å². The van der Waals surface area contributed by atoms with Crippen LogP contribution in [0.5, 0.6) is 0 Å². The summed E-state index contributed by atoms with van der Waals surface area (Å²) in [5.74, 6) is 0.995. The van der Waals surface area contributed by atoms with E-state index in [1.54, 1.807) is 0 Å². The first-order valence-electron chi connectivity index (χ1n) is 9.44. The summed E-state index contributed by atoms with van der Waals surface area (Å²) in [6.07, 6.45) is 0.142. The number of carbonyl (C=O) groups is 1. The molecule has 28 heavy (non-hydrogen) atoms. The number of nitrogens with one attached hydrogen (secondary N) is 1. The molecule has 0 bridgehead atoms. The number of ether oxygens (including phenoxy) is 1. The predicted molar refractivity (Wildman–Crippen MR) is 108 cm³/mol. The van der Waals surface area contributed by atoms with Gasteiger partial charge in [-0.3, -0.25) is 4.79 Å². The lowest BCUT2D eigenvalue weighted by atomic mass is 10.2. The molecule has 0 aliphatic carbocycles. The minimum atomic E-state index is -0.125. The highest BCUT2D eigenvalue weighted by atomic mass is 16.5. The van der Waals surface area contributed by atoms with Crippen molar-refractivity contribution in [3.05, 3.63) is 66.1 Å². The molecule has 1 saturated heterocycles. The van der Waals surface area contributed by atoms with Gasteiger partial charge in [0.25, 0.3) is 0 Å². The van der Waals surface area contributed by atoms with Gasteiger partial charge in [-0.2, -0.15) is 0 Å². The van der Waals surface area contributed by atoms with Crippen molar-refractivity contribution >= 4 is 17.3 Å². The average molecular weight is 377 g/mol. The maximum absolute atomic E-state index is 12.7. The fourth-order valence-corrected chi connectivity index (χ4v) is 3.30. The van der Waals surface area contributed by atoms with Crippen LogP contribution >= 0.6 is 0 Å². The highest BCUT2D eigenvalue weighted by Gasteiger charge is 2.18. The zero-order chi connectivity index (χ0) is 19.3. The summed E-state index contributed by atoms with van der Waals surface area (Å²) in [6, 6.07) is 17.5. The molecule has 6 heteroatoms. The standard InChI is InChI=1S/C22H23N3O3/c1-16-20(28-22(23-16)17-7-3-2-4-8-17)15-21(26)24-18-9-5-6-10-19(18)25-11-13-27-14-12-25/h2-10H,11-15H2,1H3,(H,24,26). The number of oxazole rings is 1. The molecule has 1 aliphatic heterocycles.